The monoisotopic (exact) mass is 359 g/mol. The van der Waals surface area contributed by atoms with E-state index in [2.05, 4.69) is 10.3 Å². The van der Waals surface area contributed by atoms with Gasteiger partial charge in [-0.2, -0.15) is 0 Å². The highest BCUT2D eigenvalue weighted by atomic mass is 35.5. The van der Waals surface area contributed by atoms with Crippen LogP contribution in [-0.2, 0) is 4.74 Å². The fourth-order valence-electron chi connectivity index (χ4n) is 2.84. The van der Waals surface area contributed by atoms with Gasteiger partial charge in [-0.3, -0.25) is 0 Å². The first-order valence-corrected chi connectivity index (χ1v) is 8.22. The molecule has 1 aliphatic heterocycles. The first kappa shape index (κ1) is 16.8. The van der Waals surface area contributed by atoms with Gasteiger partial charge in [0.15, 0.2) is 0 Å². The molecule has 3 N–H and O–H groups in total. The molecule has 23 heavy (non-hydrogen) atoms. The maximum Gasteiger partial charge on any atom is 0.204 e. The molecular weight excluding hydrogens is 341 g/mol. The van der Waals surface area contributed by atoms with E-state index in [1.165, 1.54) is 0 Å². The summed E-state index contributed by atoms with van der Waals surface area (Å²) in [7, 11) is 0. The molecule has 0 amide bonds. The Balaban J connectivity index is 2.14. The Morgan fingerprint density at radius 3 is 2.70 bits per heavy atom. The minimum Gasteiger partial charge on any atom is -0.394 e. The lowest BCUT2D eigenvalue weighted by molar-refractivity contribution is 0.00211. The highest BCUT2D eigenvalue weighted by molar-refractivity contribution is 6.42. The van der Waals surface area contributed by atoms with Gasteiger partial charge in [-0.1, -0.05) is 23.2 Å². The van der Waals surface area contributed by atoms with Gasteiger partial charge >= 0.3 is 0 Å². The van der Waals surface area contributed by atoms with Gasteiger partial charge in [0.25, 0.3) is 0 Å². The molecule has 2 heterocycles. The molecule has 0 radical (unpaired) electrons. The van der Waals surface area contributed by atoms with Gasteiger partial charge in [-0.25, -0.2) is 4.98 Å². The summed E-state index contributed by atoms with van der Waals surface area (Å²) in [6.07, 6.45) is -1.44. The fourth-order valence-corrected chi connectivity index (χ4v) is 3.16. The molecule has 1 aromatic carbocycles. The summed E-state index contributed by atoms with van der Waals surface area (Å²) in [5.41, 5.74) is 1.44. The number of hydrogen-bond acceptors (Lipinski definition) is 5. The Bertz CT molecular complexity index is 720. The first-order valence-electron chi connectivity index (χ1n) is 7.46. The maximum absolute atomic E-state index is 10.4. The number of anilines is 1. The lowest BCUT2D eigenvalue weighted by atomic mass is 10.1. The van der Waals surface area contributed by atoms with Crippen molar-refractivity contribution in [1.29, 1.82) is 0 Å². The van der Waals surface area contributed by atoms with Crippen LogP contribution >= 0.6 is 23.2 Å². The second-order valence-corrected chi connectivity index (χ2v) is 6.79. The van der Waals surface area contributed by atoms with E-state index in [4.69, 9.17) is 27.9 Å². The predicted octanol–water partition coefficient (Wildman–Crippen LogP) is 2.46. The van der Waals surface area contributed by atoms with Crippen LogP contribution < -0.4 is 5.32 Å². The molecule has 1 saturated heterocycles. The Morgan fingerprint density at radius 1 is 1.39 bits per heavy atom. The quantitative estimate of drug-likeness (QED) is 0.781. The summed E-state index contributed by atoms with van der Waals surface area (Å²) in [4.78, 5) is 4.56. The predicted molar refractivity (Wildman–Crippen MR) is 90.4 cm³/mol. The Labute approximate surface area is 144 Å². The van der Waals surface area contributed by atoms with Gasteiger partial charge in [0.1, 0.15) is 12.2 Å². The van der Waals surface area contributed by atoms with Crippen LogP contribution in [0, 0.1) is 0 Å². The van der Waals surface area contributed by atoms with E-state index in [1.807, 2.05) is 18.4 Å². The fraction of sp³-hybridized carbons (Fsp3) is 0.533. The molecule has 0 spiro atoms. The zero-order valence-electron chi connectivity index (χ0n) is 12.8. The smallest absolute Gasteiger partial charge is 0.204 e. The number of benzene rings is 1. The van der Waals surface area contributed by atoms with Gasteiger partial charge in [-0.05, 0) is 26.0 Å². The normalized spacial score (nSPS) is 24.7. The lowest BCUT2D eigenvalue weighted by Crippen LogP contribution is -2.31. The molecule has 6 nitrogen and oxygen atoms in total. The molecule has 1 fully saturated rings. The average molecular weight is 360 g/mol. The van der Waals surface area contributed by atoms with Gasteiger partial charge in [0.05, 0.1) is 40.3 Å². The third kappa shape index (κ3) is 3.02. The summed E-state index contributed by atoms with van der Waals surface area (Å²) >= 11 is 12.2. The summed E-state index contributed by atoms with van der Waals surface area (Å²) in [5, 5.41) is 23.9. The minimum absolute atomic E-state index is 0.157. The van der Waals surface area contributed by atoms with E-state index in [9.17, 15) is 10.2 Å². The summed E-state index contributed by atoms with van der Waals surface area (Å²) in [6, 6.07) is 3.23. The SMILES string of the molecule is CC(C)Nc1nc2cc(Cl)c(Cl)cc2n1[C@@H]1CO[C@H](CO)[C@H]1O. The molecule has 0 unspecified atom stereocenters. The molecule has 3 atom stereocenters. The molecule has 0 bridgehead atoms. The van der Waals surface area contributed by atoms with Crippen molar-refractivity contribution in [2.75, 3.05) is 18.5 Å². The number of imidazole rings is 1. The van der Waals surface area contributed by atoms with E-state index in [0.29, 0.717) is 21.5 Å². The number of ether oxygens (including phenoxy) is 1. The highest BCUT2D eigenvalue weighted by Crippen LogP contribution is 2.35. The van der Waals surface area contributed by atoms with E-state index < -0.39 is 12.2 Å². The molecule has 2 aromatic rings. The van der Waals surface area contributed by atoms with E-state index >= 15 is 0 Å². The number of nitrogens with one attached hydrogen (secondary N) is 1. The zero-order valence-corrected chi connectivity index (χ0v) is 14.3. The molecule has 1 aromatic heterocycles. The molecule has 1 aliphatic rings. The van der Waals surface area contributed by atoms with Crippen molar-refractivity contribution in [2.45, 2.75) is 38.1 Å². The first-order chi connectivity index (χ1) is 10.9. The van der Waals surface area contributed by atoms with E-state index in [1.54, 1.807) is 12.1 Å². The average Bonchev–Trinajstić information content (AvgIpc) is 2.99. The number of hydrogen-bond donors (Lipinski definition) is 3. The number of rotatable bonds is 4. The maximum atomic E-state index is 10.4. The highest BCUT2D eigenvalue weighted by Gasteiger charge is 2.38. The molecule has 0 saturated carbocycles. The van der Waals surface area contributed by atoms with Gasteiger partial charge in [0.2, 0.25) is 5.95 Å². The molecule has 0 aliphatic carbocycles. The summed E-state index contributed by atoms with van der Waals surface area (Å²) < 4.78 is 7.35. The van der Waals surface area contributed by atoms with Crippen LogP contribution in [0.5, 0.6) is 0 Å². The van der Waals surface area contributed by atoms with Crippen molar-refractivity contribution in [3.63, 3.8) is 0 Å². The Kier molecular flexibility index (Phi) is 4.71. The third-order valence-corrected chi connectivity index (χ3v) is 4.64. The van der Waals surface area contributed by atoms with Crippen LogP contribution in [0.2, 0.25) is 10.0 Å². The Hall–Kier alpha value is -1.05. The Morgan fingerprint density at radius 2 is 2.09 bits per heavy atom. The van der Waals surface area contributed by atoms with Crippen molar-refractivity contribution >= 4 is 40.2 Å². The topological polar surface area (TPSA) is 79.5 Å². The molecule has 8 heteroatoms. The van der Waals surface area contributed by atoms with Crippen LogP contribution in [0.15, 0.2) is 12.1 Å². The van der Waals surface area contributed by atoms with Gasteiger partial charge in [0, 0.05) is 6.04 Å². The zero-order chi connectivity index (χ0) is 16.7. The summed E-state index contributed by atoms with van der Waals surface area (Å²) in [5.74, 6) is 0.611. The second-order valence-electron chi connectivity index (χ2n) is 5.97. The van der Waals surface area contributed by atoms with Crippen molar-refractivity contribution in [3.8, 4) is 0 Å². The second kappa shape index (κ2) is 6.45. The van der Waals surface area contributed by atoms with Crippen LogP contribution in [0.25, 0.3) is 11.0 Å². The number of nitrogens with zero attached hydrogens (tertiary/aromatic N) is 2. The number of aromatic nitrogens is 2. The van der Waals surface area contributed by atoms with E-state index in [-0.39, 0.29) is 25.3 Å². The van der Waals surface area contributed by atoms with Crippen molar-refractivity contribution in [3.05, 3.63) is 22.2 Å². The van der Waals surface area contributed by atoms with Crippen molar-refractivity contribution in [2.24, 2.45) is 0 Å². The largest absolute Gasteiger partial charge is 0.394 e. The standard InChI is InChI=1S/C15H19Cl2N3O3/c1-7(2)18-15-19-10-3-8(16)9(17)4-11(10)20(15)12-6-23-13(5-21)14(12)22/h3-4,7,12-14,21-22H,5-6H2,1-2H3,(H,18,19)/t12-,13-,14+/m1/s1. The van der Waals surface area contributed by atoms with Gasteiger partial charge in [-0.15, -0.1) is 0 Å². The number of halogens is 2. The third-order valence-electron chi connectivity index (χ3n) is 3.92. The van der Waals surface area contributed by atoms with Gasteiger partial charge < -0.3 is 24.8 Å². The lowest BCUT2D eigenvalue weighted by Gasteiger charge is -2.21. The molecular formula is C15H19Cl2N3O3. The number of aliphatic hydroxyl groups is 2. The van der Waals surface area contributed by atoms with Crippen LogP contribution in [0.4, 0.5) is 5.95 Å². The minimum atomic E-state index is -0.834. The van der Waals surface area contributed by atoms with Crippen molar-refractivity contribution in [1.82, 2.24) is 9.55 Å². The van der Waals surface area contributed by atoms with E-state index in [0.717, 1.165) is 5.52 Å². The molecule has 126 valence electrons. The number of fused-ring (bicyclic) bond motifs is 1. The van der Waals surface area contributed by atoms with Crippen molar-refractivity contribution < 1.29 is 14.9 Å². The van der Waals surface area contributed by atoms with Crippen LogP contribution in [-0.4, -0.2) is 51.2 Å². The summed E-state index contributed by atoms with van der Waals surface area (Å²) in [6.45, 7) is 4.05. The van der Waals surface area contributed by atoms with Crippen LogP contribution in [0.1, 0.15) is 19.9 Å². The van der Waals surface area contributed by atoms with Crippen LogP contribution in [0.3, 0.4) is 0 Å². The molecule has 3 rings (SSSR count). The number of aliphatic hydroxyl groups excluding tert-OH is 2.